The van der Waals surface area contributed by atoms with Crippen LogP contribution in [0.2, 0.25) is 0 Å². The monoisotopic (exact) mass is 267 g/mol. The molecule has 20 heavy (non-hydrogen) atoms. The predicted molar refractivity (Wildman–Crippen MR) is 74.0 cm³/mol. The average Bonchev–Trinajstić information content (AvgIpc) is 2.93. The number of benzene rings is 1. The van der Waals surface area contributed by atoms with Gasteiger partial charge in [0.15, 0.2) is 0 Å². The molecule has 2 aromatic heterocycles. The van der Waals surface area contributed by atoms with Gasteiger partial charge in [-0.15, -0.1) is 0 Å². The molecule has 0 amide bonds. The van der Waals surface area contributed by atoms with E-state index in [0.29, 0.717) is 30.3 Å². The number of Topliss-reactive ketones (excluding diaryl/α,β-unsaturated/α-hetero) is 1. The Morgan fingerprint density at radius 3 is 2.85 bits per heavy atom. The van der Waals surface area contributed by atoms with Crippen LogP contribution >= 0.6 is 0 Å². The van der Waals surface area contributed by atoms with Crippen LogP contribution in [0.25, 0.3) is 22.4 Å². The Hall–Kier alpha value is -2.56. The lowest BCUT2D eigenvalue weighted by Crippen LogP contribution is -1.94. The van der Waals surface area contributed by atoms with Crippen molar-refractivity contribution < 1.29 is 9.32 Å². The number of carbonyl (C=O) groups excluding carboxylic acids is 1. The molecule has 0 aliphatic heterocycles. The summed E-state index contributed by atoms with van der Waals surface area (Å²) in [5, 5.41) is 4.98. The lowest BCUT2D eigenvalue weighted by atomic mass is 10.2. The van der Waals surface area contributed by atoms with E-state index < -0.39 is 0 Å². The van der Waals surface area contributed by atoms with Gasteiger partial charge in [0, 0.05) is 18.2 Å². The summed E-state index contributed by atoms with van der Waals surface area (Å²) in [5.74, 6) is 1.02. The van der Waals surface area contributed by atoms with Crippen LogP contribution in [0.3, 0.4) is 0 Å². The molecule has 2 heterocycles. The Balaban J connectivity index is 1.89. The molecule has 0 unspecified atom stereocenters. The number of rotatable bonds is 4. The van der Waals surface area contributed by atoms with Gasteiger partial charge >= 0.3 is 0 Å². The van der Waals surface area contributed by atoms with Gasteiger partial charge in [-0.2, -0.15) is 4.98 Å². The molecule has 5 nitrogen and oxygen atoms in total. The highest BCUT2D eigenvalue weighted by atomic mass is 16.5. The fourth-order valence-electron chi connectivity index (χ4n) is 1.93. The van der Waals surface area contributed by atoms with Crippen LogP contribution in [-0.2, 0) is 11.2 Å². The van der Waals surface area contributed by atoms with Crippen molar-refractivity contribution in [2.75, 3.05) is 0 Å². The van der Waals surface area contributed by atoms with Crippen molar-refractivity contribution in [3.63, 3.8) is 0 Å². The highest BCUT2D eigenvalue weighted by molar-refractivity contribution is 5.80. The number of carbonyl (C=O) groups is 1. The molecule has 0 fully saturated rings. The molecule has 3 rings (SSSR count). The van der Waals surface area contributed by atoms with E-state index in [1.807, 2.05) is 36.4 Å². The third-order valence-corrected chi connectivity index (χ3v) is 2.99. The van der Waals surface area contributed by atoms with Gasteiger partial charge in [-0.25, -0.2) is 4.98 Å². The molecular formula is C15H13N3O2. The number of ketones is 1. The number of aryl methyl sites for hydroxylation is 1. The zero-order chi connectivity index (χ0) is 13.9. The molecule has 0 spiro atoms. The van der Waals surface area contributed by atoms with Gasteiger partial charge in [0.05, 0.1) is 5.52 Å². The number of para-hydroxylation sites is 1. The third kappa shape index (κ3) is 2.56. The first-order valence-corrected chi connectivity index (χ1v) is 6.40. The zero-order valence-corrected chi connectivity index (χ0v) is 11.0. The molecule has 1 aromatic carbocycles. The number of aromatic nitrogens is 3. The van der Waals surface area contributed by atoms with E-state index in [1.54, 1.807) is 6.92 Å². The minimum atomic E-state index is 0.105. The Bertz CT molecular complexity index is 764. The quantitative estimate of drug-likeness (QED) is 0.727. The second-order valence-corrected chi connectivity index (χ2v) is 4.60. The number of pyridine rings is 1. The summed E-state index contributed by atoms with van der Waals surface area (Å²) in [5.41, 5.74) is 1.56. The van der Waals surface area contributed by atoms with E-state index in [1.165, 1.54) is 0 Å². The van der Waals surface area contributed by atoms with Gasteiger partial charge in [-0.3, -0.25) is 0 Å². The zero-order valence-electron chi connectivity index (χ0n) is 11.0. The number of nitrogens with zero attached hydrogens (tertiary/aromatic N) is 3. The average molecular weight is 267 g/mol. The summed E-state index contributed by atoms with van der Waals surface area (Å²) in [7, 11) is 0. The van der Waals surface area contributed by atoms with Crippen LogP contribution in [0.5, 0.6) is 0 Å². The van der Waals surface area contributed by atoms with Crippen molar-refractivity contribution in [3.05, 3.63) is 42.3 Å². The second-order valence-electron chi connectivity index (χ2n) is 4.60. The first-order chi connectivity index (χ1) is 9.72. The van der Waals surface area contributed by atoms with Gasteiger partial charge < -0.3 is 9.32 Å². The Morgan fingerprint density at radius 1 is 1.15 bits per heavy atom. The second kappa shape index (κ2) is 5.21. The Labute approximate surface area is 115 Å². The molecule has 5 heteroatoms. The van der Waals surface area contributed by atoms with Gasteiger partial charge in [0.25, 0.3) is 0 Å². The van der Waals surface area contributed by atoms with E-state index in [4.69, 9.17) is 4.52 Å². The molecule has 0 saturated heterocycles. The largest absolute Gasteiger partial charge is 0.339 e. The fraction of sp³-hybridized carbons (Fsp3) is 0.200. The van der Waals surface area contributed by atoms with Crippen molar-refractivity contribution in [1.82, 2.24) is 15.1 Å². The maximum atomic E-state index is 10.9. The van der Waals surface area contributed by atoms with Crippen molar-refractivity contribution in [3.8, 4) is 11.5 Å². The minimum absolute atomic E-state index is 0.105. The standard InChI is InChI=1S/C15H13N3O2/c1-10(19)6-9-14-17-15(18-20-14)13-8-7-11-4-2-3-5-12(11)16-13/h2-5,7-8H,6,9H2,1H3. The SMILES string of the molecule is CC(=O)CCc1nc(-c2ccc3ccccc3n2)no1. The third-order valence-electron chi connectivity index (χ3n) is 2.99. The van der Waals surface area contributed by atoms with E-state index in [2.05, 4.69) is 15.1 Å². The van der Waals surface area contributed by atoms with Crippen LogP contribution in [0.15, 0.2) is 40.9 Å². The molecule has 100 valence electrons. The first kappa shape index (κ1) is 12.5. The fourth-order valence-corrected chi connectivity index (χ4v) is 1.93. The normalized spacial score (nSPS) is 10.8. The molecule has 3 aromatic rings. The van der Waals surface area contributed by atoms with E-state index in [0.717, 1.165) is 10.9 Å². The summed E-state index contributed by atoms with van der Waals surface area (Å²) in [6.45, 7) is 1.54. The summed E-state index contributed by atoms with van der Waals surface area (Å²) in [6, 6.07) is 11.7. The van der Waals surface area contributed by atoms with Crippen LogP contribution in [0.1, 0.15) is 19.2 Å². The molecular weight excluding hydrogens is 254 g/mol. The number of hydrogen-bond acceptors (Lipinski definition) is 5. The van der Waals surface area contributed by atoms with E-state index >= 15 is 0 Å². The van der Waals surface area contributed by atoms with Crippen molar-refractivity contribution in [2.45, 2.75) is 19.8 Å². The van der Waals surface area contributed by atoms with E-state index in [9.17, 15) is 4.79 Å². The van der Waals surface area contributed by atoms with Crippen molar-refractivity contribution in [2.24, 2.45) is 0 Å². The van der Waals surface area contributed by atoms with E-state index in [-0.39, 0.29) is 5.78 Å². The molecule has 0 atom stereocenters. The Kier molecular flexibility index (Phi) is 3.25. The highest BCUT2D eigenvalue weighted by Gasteiger charge is 2.10. The first-order valence-electron chi connectivity index (χ1n) is 6.40. The number of fused-ring (bicyclic) bond motifs is 1. The Morgan fingerprint density at radius 2 is 2.00 bits per heavy atom. The van der Waals surface area contributed by atoms with Crippen LogP contribution in [0.4, 0.5) is 0 Å². The lowest BCUT2D eigenvalue weighted by Gasteiger charge is -1.98. The molecule has 0 radical (unpaired) electrons. The molecule has 0 aliphatic rings. The molecule has 0 saturated carbocycles. The van der Waals surface area contributed by atoms with Gasteiger partial charge in [-0.05, 0) is 19.1 Å². The summed E-state index contributed by atoms with van der Waals surface area (Å²) in [6.07, 6.45) is 0.878. The predicted octanol–water partition coefficient (Wildman–Crippen LogP) is 2.81. The lowest BCUT2D eigenvalue weighted by molar-refractivity contribution is -0.117. The molecule has 0 bridgehead atoms. The maximum absolute atomic E-state index is 10.9. The van der Waals surface area contributed by atoms with Crippen LogP contribution < -0.4 is 0 Å². The van der Waals surface area contributed by atoms with Gasteiger partial charge in [0.2, 0.25) is 11.7 Å². The summed E-state index contributed by atoms with van der Waals surface area (Å²) >= 11 is 0. The highest BCUT2D eigenvalue weighted by Crippen LogP contribution is 2.18. The van der Waals surface area contributed by atoms with Crippen molar-refractivity contribution >= 4 is 16.7 Å². The topological polar surface area (TPSA) is 68.9 Å². The van der Waals surface area contributed by atoms with Crippen LogP contribution in [-0.4, -0.2) is 20.9 Å². The van der Waals surface area contributed by atoms with Crippen molar-refractivity contribution in [1.29, 1.82) is 0 Å². The maximum Gasteiger partial charge on any atom is 0.227 e. The number of hydrogen-bond donors (Lipinski definition) is 0. The summed E-state index contributed by atoms with van der Waals surface area (Å²) < 4.78 is 5.13. The van der Waals surface area contributed by atoms with Gasteiger partial charge in [0.1, 0.15) is 11.5 Å². The minimum Gasteiger partial charge on any atom is -0.339 e. The molecule has 0 aliphatic carbocycles. The van der Waals surface area contributed by atoms with Crippen LogP contribution in [0, 0.1) is 0 Å². The smallest absolute Gasteiger partial charge is 0.227 e. The summed E-state index contributed by atoms with van der Waals surface area (Å²) in [4.78, 5) is 19.7. The molecule has 0 N–H and O–H groups in total. The van der Waals surface area contributed by atoms with Gasteiger partial charge in [-0.1, -0.05) is 29.4 Å².